The minimum atomic E-state index is -3.73. The van der Waals surface area contributed by atoms with Gasteiger partial charge in [-0.3, -0.25) is 9.52 Å². The van der Waals surface area contributed by atoms with Gasteiger partial charge >= 0.3 is 0 Å². The topological polar surface area (TPSA) is 125 Å². The molecule has 0 aliphatic heterocycles. The average molecular weight is 526 g/mol. The van der Waals surface area contributed by atoms with Crippen LogP contribution in [0.4, 0.5) is 10.2 Å². The van der Waals surface area contributed by atoms with Gasteiger partial charge in [0, 0.05) is 5.56 Å². The Bertz CT molecular complexity index is 1530. The SMILES string of the molecule is COc1ccc(CCCS(=O)(=O)Nc2nc3oc(-c4ccc(F)cc4)c(C(N)=O)c3cc2C(C)C)cc1. The number of methoxy groups -OCH3 is 1. The van der Waals surface area contributed by atoms with Crippen molar-refractivity contribution >= 4 is 32.8 Å². The van der Waals surface area contributed by atoms with E-state index in [9.17, 15) is 17.6 Å². The van der Waals surface area contributed by atoms with Crippen LogP contribution in [0, 0.1) is 5.82 Å². The minimum absolute atomic E-state index is 0.0495. The molecule has 0 aliphatic rings. The van der Waals surface area contributed by atoms with Gasteiger partial charge in [-0.2, -0.15) is 4.98 Å². The molecule has 8 nitrogen and oxygen atoms in total. The largest absolute Gasteiger partial charge is 0.497 e. The number of hydrogen-bond donors (Lipinski definition) is 2. The number of carbonyl (C=O) groups is 1. The van der Waals surface area contributed by atoms with Crippen molar-refractivity contribution in [3.63, 3.8) is 0 Å². The zero-order valence-electron chi connectivity index (χ0n) is 20.7. The van der Waals surface area contributed by atoms with Crippen LogP contribution in [0.3, 0.4) is 0 Å². The van der Waals surface area contributed by atoms with Crippen LogP contribution >= 0.6 is 0 Å². The monoisotopic (exact) mass is 525 g/mol. The van der Waals surface area contributed by atoms with Gasteiger partial charge < -0.3 is 14.9 Å². The number of fused-ring (bicyclic) bond motifs is 1. The first-order valence-corrected chi connectivity index (χ1v) is 13.4. The normalized spacial score (nSPS) is 11.7. The van der Waals surface area contributed by atoms with E-state index in [0.29, 0.717) is 29.4 Å². The standard InChI is InChI=1S/C27H28FN3O5S/c1-16(2)21-15-22-23(25(29)32)24(18-8-10-19(28)11-9-18)36-27(22)30-26(21)31-37(33,34)14-4-5-17-6-12-20(35-3)13-7-17/h6-13,15-16H,4-5,14H2,1-3H3,(H2,29,32)(H,30,31). The summed E-state index contributed by atoms with van der Waals surface area (Å²) < 4.78 is 52.9. The second-order valence-electron chi connectivity index (χ2n) is 8.98. The number of aromatic nitrogens is 1. The number of rotatable bonds is 10. The van der Waals surface area contributed by atoms with Gasteiger partial charge in [0.25, 0.3) is 5.91 Å². The number of nitrogens with zero attached hydrogens (tertiary/aromatic N) is 1. The quantitative estimate of drug-likeness (QED) is 0.292. The molecule has 4 aromatic rings. The number of primary amides is 1. The first kappa shape index (κ1) is 26.2. The number of nitrogens with one attached hydrogen (secondary N) is 1. The van der Waals surface area contributed by atoms with E-state index in [1.807, 2.05) is 38.1 Å². The lowest BCUT2D eigenvalue weighted by atomic mass is 10.0. The highest BCUT2D eigenvalue weighted by Gasteiger charge is 2.25. The molecule has 194 valence electrons. The highest BCUT2D eigenvalue weighted by molar-refractivity contribution is 7.92. The van der Waals surface area contributed by atoms with Crippen LogP contribution in [0.1, 0.15) is 47.7 Å². The van der Waals surface area contributed by atoms with E-state index in [-0.39, 0.29) is 34.5 Å². The summed E-state index contributed by atoms with van der Waals surface area (Å²) >= 11 is 0. The highest BCUT2D eigenvalue weighted by atomic mass is 32.2. The Kier molecular flexibility index (Phi) is 7.49. The minimum Gasteiger partial charge on any atom is -0.497 e. The number of ether oxygens (including phenoxy) is 1. The van der Waals surface area contributed by atoms with Gasteiger partial charge in [-0.05, 0) is 72.4 Å². The average Bonchev–Trinajstić information content (AvgIpc) is 3.22. The Morgan fingerprint density at radius 3 is 2.41 bits per heavy atom. The number of sulfonamides is 1. The zero-order chi connectivity index (χ0) is 26.7. The van der Waals surface area contributed by atoms with Gasteiger partial charge in [0.05, 0.1) is 23.8 Å². The lowest BCUT2D eigenvalue weighted by molar-refractivity contribution is 0.100. The molecule has 0 atom stereocenters. The summed E-state index contributed by atoms with van der Waals surface area (Å²) in [4.78, 5) is 16.8. The molecule has 0 saturated heterocycles. The fourth-order valence-electron chi connectivity index (χ4n) is 4.07. The molecule has 3 N–H and O–H groups in total. The van der Waals surface area contributed by atoms with Crippen molar-refractivity contribution in [2.75, 3.05) is 17.6 Å². The second-order valence-corrected chi connectivity index (χ2v) is 10.8. The molecule has 0 unspecified atom stereocenters. The number of carbonyl (C=O) groups excluding carboxylic acids is 1. The van der Waals surface area contributed by atoms with Gasteiger partial charge in [0.1, 0.15) is 23.1 Å². The third kappa shape index (κ3) is 5.91. The molecule has 0 spiro atoms. The first-order valence-electron chi connectivity index (χ1n) is 11.7. The molecule has 2 heterocycles. The van der Waals surface area contributed by atoms with Crippen LogP contribution in [0.5, 0.6) is 5.75 Å². The Balaban J connectivity index is 1.63. The van der Waals surface area contributed by atoms with Crippen molar-refractivity contribution in [3.8, 4) is 17.1 Å². The zero-order valence-corrected chi connectivity index (χ0v) is 21.6. The van der Waals surface area contributed by atoms with Crippen molar-refractivity contribution in [2.45, 2.75) is 32.6 Å². The number of halogens is 1. The van der Waals surface area contributed by atoms with Gasteiger partial charge in [0.2, 0.25) is 15.7 Å². The number of anilines is 1. The molecule has 0 saturated carbocycles. The lowest BCUT2D eigenvalue weighted by Crippen LogP contribution is -2.19. The van der Waals surface area contributed by atoms with Crippen LogP contribution in [-0.4, -0.2) is 32.2 Å². The van der Waals surface area contributed by atoms with E-state index in [1.54, 1.807) is 13.2 Å². The summed E-state index contributed by atoms with van der Waals surface area (Å²) in [5.74, 6) is -0.404. The van der Waals surface area contributed by atoms with Crippen LogP contribution < -0.4 is 15.2 Å². The Morgan fingerprint density at radius 2 is 1.81 bits per heavy atom. The van der Waals surface area contributed by atoms with Crippen LogP contribution in [0.25, 0.3) is 22.4 Å². The fraction of sp³-hybridized carbons (Fsp3) is 0.259. The van der Waals surface area contributed by atoms with Crippen molar-refractivity contribution in [1.82, 2.24) is 4.98 Å². The summed E-state index contributed by atoms with van der Waals surface area (Å²) in [6.45, 7) is 3.77. The number of hydrogen-bond acceptors (Lipinski definition) is 6. The molecule has 2 aromatic carbocycles. The molecule has 0 bridgehead atoms. The summed E-state index contributed by atoms with van der Waals surface area (Å²) in [7, 11) is -2.14. The van der Waals surface area contributed by atoms with E-state index >= 15 is 0 Å². The molecule has 2 aromatic heterocycles. The molecular formula is C27H28FN3O5S. The third-order valence-corrected chi connectivity index (χ3v) is 7.31. The summed E-state index contributed by atoms with van der Waals surface area (Å²) in [6, 6.07) is 14.6. The number of nitrogens with two attached hydrogens (primary N) is 1. The van der Waals surface area contributed by atoms with Gasteiger partial charge in [-0.1, -0.05) is 26.0 Å². The molecule has 10 heteroatoms. The van der Waals surface area contributed by atoms with E-state index in [0.717, 1.165) is 11.3 Å². The molecule has 37 heavy (non-hydrogen) atoms. The number of furan rings is 1. The summed E-state index contributed by atoms with van der Waals surface area (Å²) in [5.41, 5.74) is 7.84. The maximum atomic E-state index is 13.4. The molecule has 4 rings (SSSR count). The molecule has 0 radical (unpaired) electrons. The Labute approximate surface area is 214 Å². The highest BCUT2D eigenvalue weighted by Crippen LogP contribution is 2.36. The smallest absolute Gasteiger partial charge is 0.253 e. The third-order valence-electron chi connectivity index (χ3n) is 5.98. The van der Waals surface area contributed by atoms with E-state index in [1.165, 1.54) is 24.3 Å². The Hall–Kier alpha value is -3.92. The number of amides is 1. The maximum absolute atomic E-state index is 13.4. The fourth-order valence-corrected chi connectivity index (χ4v) is 5.15. The lowest BCUT2D eigenvalue weighted by Gasteiger charge is -2.14. The molecular weight excluding hydrogens is 497 g/mol. The van der Waals surface area contributed by atoms with Crippen molar-refractivity contribution in [2.24, 2.45) is 5.73 Å². The maximum Gasteiger partial charge on any atom is 0.253 e. The van der Waals surface area contributed by atoms with Crippen LogP contribution in [-0.2, 0) is 16.4 Å². The van der Waals surface area contributed by atoms with Crippen LogP contribution in [0.2, 0.25) is 0 Å². The van der Waals surface area contributed by atoms with E-state index in [4.69, 9.17) is 14.9 Å². The molecule has 0 fully saturated rings. The predicted molar refractivity (Wildman–Crippen MR) is 141 cm³/mol. The van der Waals surface area contributed by atoms with Gasteiger partial charge in [0.15, 0.2) is 0 Å². The van der Waals surface area contributed by atoms with Crippen molar-refractivity contribution in [3.05, 3.63) is 77.1 Å². The summed E-state index contributed by atoms with van der Waals surface area (Å²) in [5, 5.41) is 0.359. The summed E-state index contributed by atoms with van der Waals surface area (Å²) in [6.07, 6.45) is 0.984. The van der Waals surface area contributed by atoms with Gasteiger partial charge in [-0.25, -0.2) is 12.8 Å². The number of benzene rings is 2. The Morgan fingerprint density at radius 1 is 1.14 bits per heavy atom. The molecule has 0 aliphatic carbocycles. The van der Waals surface area contributed by atoms with Gasteiger partial charge in [-0.15, -0.1) is 0 Å². The number of pyridine rings is 1. The first-order chi connectivity index (χ1) is 17.6. The van der Waals surface area contributed by atoms with E-state index in [2.05, 4.69) is 9.71 Å². The predicted octanol–water partition coefficient (Wildman–Crippen LogP) is 5.24. The molecule has 1 amide bonds. The van der Waals surface area contributed by atoms with Crippen molar-refractivity contribution in [1.29, 1.82) is 0 Å². The van der Waals surface area contributed by atoms with E-state index < -0.39 is 21.7 Å². The van der Waals surface area contributed by atoms with Crippen molar-refractivity contribution < 1.29 is 26.8 Å². The van der Waals surface area contributed by atoms with Crippen LogP contribution in [0.15, 0.2) is 59.0 Å². The number of aryl methyl sites for hydroxylation is 1. The second kappa shape index (κ2) is 10.6.